The summed E-state index contributed by atoms with van der Waals surface area (Å²) in [4.78, 5) is 0. The Morgan fingerprint density at radius 3 is 2.29 bits per heavy atom. The first-order valence-corrected chi connectivity index (χ1v) is 6.60. The number of halogens is 1. The minimum Gasteiger partial charge on any atom is -0.487 e. The summed E-state index contributed by atoms with van der Waals surface area (Å²) < 4.78 is 6.16. The van der Waals surface area contributed by atoms with Gasteiger partial charge in [-0.3, -0.25) is 0 Å². The van der Waals surface area contributed by atoms with Crippen molar-refractivity contribution in [3.8, 4) is 5.75 Å². The lowest BCUT2D eigenvalue weighted by atomic mass is 9.77. The third-order valence-electron chi connectivity index (χ3n) is 3.61. The molecule has 3 heteroatoms. The van der Waals surface area contributed by atoms with Gasteiger partial charge in [-0.15, -0.1) is 0 Å². The molecule has 0 heterocycles. The Bertz CT molecular complexity index is 390. The molecule has 0 radical (unpaired) electrons. The molecular formula is C14H20ClNO. The van der Waals surface area contributed by atoms with E-state index < -0.39 is 0 Å². The van der Waals surface area contributed by atoms with Gasteiger partial charge in [0, 0.05) is 5.02 Å². The summed E-state index contributed by atoms with van der Waals surface area (Å²) >= 11 is 6.15. The average molecular weight is 254 g/mol. The van der Waals surface area contributed by atoms with Crippen molar-refractivity contribution in [2.75, 3.05) is 6.54 Å². The summed E-state index contributed by atoms with van der Waals surface area (Å²) in [6, 6.07) is 4.04. The van der Waals surface area contributed by atoms with Crippen LogP contribution in [0.15, 0.2) is 12.1 Å². The van der Waals surface area contributed by atoms with Crippen LogP contribution >= 0.6 is 11.6 Å². The zero-order chi connectivity index (χ0) is 12.5. The fourth-order valence-corrected chi connectivity index (χ4v) is 2.56. The van der Waals surface area contributed by atoms with Crippen LogP contribution in [0.4, 0.5) is 0 Å². The van der Waals surface area contributed by atoms with Gasteiger partial charge in [-0.05, 0) is 69.3 Å². The molecule has 1 fully saturated rings. The van der Waals surface area contributed by atoms with Crippen LogP contribution in [0.5, 0.6) is 5.75 Å². The van der Waals surface area contributed by atoms with Crippen LogP contribution in [0.25, 0.3) is 0 Å². The van der Waals surface area contributed by atoms with Gasteiger partial charge in [0.2, 0.25) is 0 Å². The Labute approximate surface area is 108 Å². The zero-order valence-electron chi connectivity index (χ0n) is 10.6. The summed E-state index contributed by atoms with van der Waals surface area (Å²) in [6.45, 7) is 4.71. The standard InChI is InChI=1S/C14H20ClNO/c1-10-8-12(9-11(2)13(10)15)17-14(6-7-16)4-3-5-14/h8-9H,3-7,16H2,1-2H3. The Morgan fingerprint density at radius 1 is 1.29 bits per heavy atom. The molecule has 94 valence electrons. The van der Waals surface area contributed by atoms with Crippen LogP contribution in [0.2, 0.25) is 5.02 Å². The second-order valence-electron chi connectivity index (χ2n) is 5.05. The van der Waals surface area contributed by atoms with Crippen LogP contribution in [0.3, 0.4) is 0 Å². The van der Waals surface area contributed by atoms with E-state index in [9.17, 15) is 0 Å². The topological polar surface area (TPSA) is 35.2 Å². The van der Waals surface area contributed by atoms with Crippen molar-refractivity contribution >= 4 is 11.6 Å². The van der Waals surface area contributed by atoms with Crippen molar-refractivity contribution in [1.82, 2.24) is 0 Å². The van der Waals surface area contributed by atoms with Crippen LogP contribution in [-0.4, -0.2) is 12.1 Å². The maximum atomic E-state index is 6.16. The van der Waals surface area contributed by atoms with Gasteiger partial charge < -0.3 is 10.5 Å². The molecule has 1 aromatic rings. The van der Waals surface area contributed by atoms with Gasteiger partial charge in [-0.2, -0.15) is 0 Å². The summed E-state index contributed by atoms with van der Waals surface area (Å²) in [6.07, 6.45) is 4.41. The summed E-state index contributed by atoms with van der Waals surface area (Å²) in [5, 5.41) is 0.832. The van der Waals surface area contributed by atoms with Crippen molar-refractivity contribution in [2.45, 2.75) is 45.1 Å². The van der Waals surface area contributed by atoms with E-state index >= 15 is 0 Å². The normalized spacial score (nSPS) is 17.6. The van der Waals surface area contributed by atoms with Crippen LogP contribution < -0.4 is 10.5 Å². The highest BCUT2D eigenvalue weighted by Gasteiger charge is 2.38. The molecule has 0 amide bonds. The first-order valence-electron chi connectivity index (χ1n) is 6.22. The third-order valence-corrected chi connectivity index (χ3v) is 4.21. The van der Waals surface area contributed by atoms with E-state index in [2.05, 4.69) is 0 Å². The molecule has 2 nitrogen and oxygen atoms in total. The Hall–Kier alpha value is -0.730. The van der Waals surface area contributed by atoms with Gasteiger partial charge in [0.1, 0.15) is 11.4 Å². The molecule has 0 spiro atoms. The van der Waals surface area contributed by atoms with E-state index in [1.54, 1.807) is 0 Å². The Kier molecular flexibility index (Phi) is 3.64. The smallest absolute Gasteiger partial charge is 0.120 e. The minimum absolute atomic E-state index is 0.0124. The van der Waals surface area contributed by atoms with E-state index in [0.717, 1.165) is 41.2 Å². The molecule has 1 saturated carbocycles. The Morgan fingerprint density at radius 2 is 1.88 bits per heavy atom. The summed E-state index contributed by atoms with van der Waals surface area (Å²) in [7, 11) is 0. The van der Waals surface area contributed by atoms with E-state index in [-0.39, 0.29) is 5.60 Å². The van der Waals surface area contributed by atoms with Crippen molar-refractivity contribution in [3.63, 3.8) is 0 Å². The fraction of sp³-hybridized carbons (Fsp3) is 0.571. The van der Waals surface area contributed by atoms with Gasteiger partial charge in [-0.1, -0.05) is 11.6 Å². The van der Waals surface area contributed by atoms with Crippen LogP contribution in [0.1, 0.15) is 36.8 Å². The van der Waals surface area contributed by atoms with Gasteiger partial charge in [-0.25, -0.2) is 0 Å². The van der Waals surface area contributed by atoms with E-state index in [4.69, 9.17) is 22.1 Å². The number of benzene rings is 1. The van der Waals surface area contributed by atoms with Crippen molar-refractivity contribution in [2.24, 2.45) is 5.73 Å². The van der Waals surface area contributed by atoms with Crippen LogP contribution in [0, 0.1) is 13.8 Å². The third kappa shape index (κ3) is 2.58. The first-order chi connectivity index (χ1) is 8.06. The number of rotatable bonds is 4. The van der Waals surface area contributed by atoms with Crippen molar-refractivity contribution in [1.29, 1.82) is 0 Å². The number of hydrogen-bond acceptors (Lipinski definition) is 2. The number of aryl methyl sites for hydroxylation is 2. The molecule has 0 aromatic heterocycles. The lowest BCUT2D eigenvalue weighted by Crippen LogP contribution is -2.44. The monoisotopic (exact) mass is 253 g/mol. The second-order valence-corrected chi connectivity index (χ2v) is 5.43. The van der Waals surface area contributed by atoms with Gasteiger partial charge in [0.05, 0.1) is 0 Å². The van der Waals surface area contributed by atoms with Gasteiger partial charge >= 0.3 is 0 Å². The maximum Gasteiger partial charge on any atom is 0.120 e. The molecule has 1 aliphatic carbocycles. The van der Waals surface area contributed by atoms with Crippen molar-refractivity contribution < 1.29 is 4.74 Å². The first kappa shape index (κ1) is 12.7. The number of ether oxygens (including phenoxy) is 1. The second kappa shape index (κ2) is 4.87. The Balaban J connectivity index is 2.18. The van der Waals surface area contributed by atoms with Crippen LogP contribution in [-0.2, 0) is 0 Å². The van der Waals surface area contributed by atoms with E-state index in [0.29, 0.717) is 6.54 Å². The maximum absolute atomic E-state index is 6.16. The highest BCUT2D eigenvalue weighted by molar-refractivity contribution is 6.32. The molecule has 2 rings (SSSR count). The van der Waals surface area contributed by atoms with Crippen molar-refractivity contribution in [3.05, 3.63) is 28.3 Å². The quantitative estimate of drug-likeness (QED) is 0.890. The van der Waals surface area contributed by atoms with E-state index in [1.807, 2.05) is 26.0 Å². The van der Waals surface area contributed by atoms with E-state index in [1.165, 1.54) is 6.42 Å². The predicted molar refractivity (Wildman–Crippen MR) is 71.8 cm³/mol. The molecule has 0 bridgehead atoms. The van der Waals surface area contributed by atoms with Gasteiger partial charge in [0.25, 0.3) is 0 Å². The molecule has 1 aromatic carbocycles. The lowest BCUT2D eigenvalue weighted by molar-refractivity contribution is -0.0125. The minimum atomic E-state index is -0.0124. The average Bonchev–Trinajstić information content (AvgIpc) is 2.23. The van der Waals surface area contributed by atoms with Gasteiger partial charge in [0.15, 0.2) is 0 Å². The molecule has 0 saturated heterocycles. The summed E-state index contributed by atoms with van der Waals surface area (Å²) in [5.41, 5.74) is 7.79. The molecule has 0 unspecified atom stereocenters. The molecule has 0 atom stereocenters. The molecule has 17 heavy (non-hydrogen) atoms. The molecule has 2 N–H and O–H groups in total. The summed E-state index contributed by atoms with van der Waals surface area (Å²) in [5.74, 6) is 0.928. The lowest BCUT2D eigenvalue weighted by Gasteiger charge is -2.42. The molecule has 0 aliphatic heterocycles. The SMILES string of the molecule is Cc1cc(OC2(CCN)CCC2)cc(C)c1Cl. The molecular weight excluding hydrogens is 234 g/mol. The highest BCUT2D eigenvalue weighted by atomic mass is 35.5. The highest BCUT2D eigenvalue weighted by Crippen LogP contribution is 2.40. The number of nitrogens with two attached hydrogens (primary N) is 1. The predicted octanol–water partition coefficient (Wildman–Crippen LogP) is 3.61. The zero-order valence-corrected chi connectivity index (χ0v) is 11.3. The molecule has 1 aliphatic rings. The largest absolute Gasteiger partial charge is 0.487 e. The fourth-order valence-electron chi connectivity index (χ4n) is 2.45. The number of hydrogen-bond donors (Lipinski definition) is 1.